The second kappa shape index (κ2) is 6.44. The third-order valence-corrected chi connectivity index (χ3v) is 11.2. The molecule has 31 heavy (non-hydrogen) atoms. The minimum Gasteiger partial charge on any atom is -0.392 e. The van der Waals surface area contributed by atoms with Crippen molar-refractivity contribution in [2.45, 2.75) is 74.6 Å². The third-order valence-electron chi connectivity index (χ3n) is 11.2. The van der Waals surface area contributed by atoms with E-state index in [1.807, 2.05) is 0 Å². The predicted octanol–water partition coefficient (Wildman–Crippen LogP) is 0.646. The van der Waals surface area contributed by atoms with E-state index in [-0.39, 0.29) is 41.4 Å². The number of fused-ring (bicyclic) bond motifs is 2. The molecular weight excluding hydrogens is 398 g/mol. The van der Waals surface area contributed by atoms with Crippen LogP contribution in [0.4, 0.5) is 0 Å². The van der Waals surface area contributed by atoms with Crippen LogP contribution in [0, 0.1) is 34.5 Å². The van der Waals surface area contributed by atoms with Gasteiger partial charge in [0.05, 0.1) is 36.1 Å². The summed E-state index contributed by atoms with van der Waals surface area (Å²) in [4.78, 5) is 2.52. The zero-order valence-electron chi connectivity index (χ0n) is 19.3. The van der Waals surface area contributed by atoms with E-state index in [1.165, 1.54) is 0 Å². The summed E-state index contributed by atoms with van der Waals surface area (Å²) in [5, 5.41) is 36.6. The molecule has 5 aliphatic carbocycles. The Kier molecular flexibility index (Phi) is 4.41. The van der Waals surface area contributed by atoms with Crippen LogP contribution >= 0.6 is 0 Å². The maximum absolute atomic E-state index is 12.8. The van der Waals surface area contributed by atoms with Crippen LogP contribution in [0.25, 0.3) is 0 Å². The summed E-state index contributed by atoms with van der Waals surface area (Å²) < 4.78 is 17.8. The number of piperidine rings is 1. The predicted molar refractivity (Wildman–Crippen MR) is 112 cm³/mol. The first kappa shape index (κ1) is 21.3. The number of methoxy groups -OCH3 is 3. The lowest BCUT2D eigenvalue weighted by Gasteiger charge is -2.71. The van der Waals surface area contributed by atoms with Crippen LogP contribution in [-0.2, 0) is 14.2 Å². The minimum atomic E-state index is -1.19. The minimum absolute atomic E-state index is 0.0106. The van der Waals surface area contributed by atoms with Crippen molar-refractivity contribution < 1.29 is 29.5 Å². The fourth-order valence-corrected chi connectivity index (χ4v) is 10.7. The molecule has 176 valence electrons. The molecule has 6 aliphatic rings. The summed E-state index contributed by atoms with van der Waals surface area (Å²) >= 11 is 0. The van der Waals surface area contributed by atoms with E-state index in [2.05, 4.69) is 11.8 Å². The molecule has 0 aromatic heterocycles. The lowest BCUT2D eigenvalue weighted by atomic mass is 9.41. The van der Waals surface area contributed by atoms with Gasteiger partial charge in [0, 0.05) is 68.9 Å². The van der Waals surface area contributed by atoms with Gasteiger partial charge in [0.15, 0.2) is 0 Å². The average molecular weight is 438 g/mol. The molecule has 12 atom stereocenters. The Hall–Kier alpha value is -0.280. The Morgan fingerprint density at radius 3 is 2.52 bits per heavy atom. The van der Waals surface area contributed by atoms with Crippen LogP contribution in [-0.4, -0.2) is 96.8 Å². The Labute approximate surface area is 185 Å². The van der Waals surface area contributed by atoms with Gasteiger partial charge in [0.2, 0.25) is 0 Å². The number of aliphatic hydroxyl groups is 3. The number of nitrogens with zero attached hydrogens (tertiary/aromatic N) is 1. The fourth-order valence-electron chi connectivity index (χ4n) is 10.7. The molecule has 1 heterocycles. The molecule has 7 bridgehead atoms. The van der Waals surface area contributed by atoms with Gasteiger partial charge in [-0.1, -0.05) is 6.92 Å². The highest BCUT2D eigenvalue weighted by molar-refractivity contribution is 5.38. The van der Waals surface area contributed by atoms with Gasteiger partial charge >= 0.3 is 0 Å². The van der Waals surface area contributed by atoms with Crippen LogP contribution in [0.3, 0.4) is 0 Å². The molecule has 0 aromatic rings. The van der Waals surface area contributed by atoms with Gasteiger partial charge < -0.3 is 29.5 Å². The highest BCUT2D eigenvalue weighted by Crippen LogP contribution is 2.80. The van der Waals surface area contributed by atoms with Crippen molar-refractivity contribution >= 4 is 0 Å². The molecule has 3 N–H and O–H groups in total. The molecule has 1 spiro atoms. The summed E-state index contributed by atoms with van der Waals surface area (Å²) in [5.41, 5.74) is -2.88. The van der Waals surface area contributed by atoms with E-state index >= 15 is 0 Å². The van der Waals surface area contributed by atoms with Crippen molar-refractivity contribution in [2.75, 3.05) is 41.0 Å². The molecule has 0 radical (unpaired) electrons. The van der Waals surface area contributed by atoms with Crippen molar-refractivity contribution in [3.8, 4) is 0 Å². The number of aliphatic hydroxyl groups excluding tert-OH is 1. The van der Waals surface area contributed by atoms with Crippen molar-refractivity contribution in [2.24, 2.45) is 34.5 Å². The van der Waals surface area contributed by atoms with Crippen molar-refractivity contribution in [3.63, 3.8) is 0 Å². The maximum atomic E-state index is 12.8. The van der Waals surface area contributed by atoms with Gasteiger partial charge in [-0.15, -0.1) is 0 Å². The van der Waals surface area contributed by atoms with Crippen LogP contribution in [0.15, 0.2) is 0 Å². The molecule has 1 saturated heterocycles. The Balaban J connectivity index is 1.63. The monoisotopic (exact) mass is 437 g/mol. The molecule has 0 amide bonds. The first-order valence-electron chi connectivity index (χ1n) is 12.2. The molecule has 1 aliphatic heterocycles. The standard InChI is InChI=1S/C24H39NO6/c1-5-25-11-21(12-29-2)7-6-17(31-4)24-16(21)8-14(20(24)25)22(27)10-15(30-3)13-9-23(24,28)19(22)18(13)26/h13-20,26-28H,5-12H2,1-4H3/t13-,14+,15+,16-,17+,18+,19-,20?,21+,22+,23+,24+/m1/s1. The van der Waals surface area contributed by atoms with Gasteiger partial charge in [-0.2, -0.15) is 0 Å². The Morgan fingerprint density at radius 2 is 1.87 bits per heavy atom. The number of ether oxygens (including phenoxy) is 3. The zero-order valence-corrected chi connectivity index (χ0v) is 19.3. The van der Waals surface area contributed by atoms with Gasteiger partial charge in [-0.3, -0.25) is 4.90 Å². The number of hydrogen-bond donors (Lipinski definition) is 3. The summed E-state index contributed by atoms with van der Waals surface area (Å²) in [5.74, 6) is -0.497. The summed E-state index contributed by atoms with van der Waals surface area (Å²) in [6.07, 6.45) is 2.64. The highest BCUT2D eigenvalue weighted by atomic mass is 16.5. The molecule has 6 fully saturated rings. The van der Waals surface area contributed by atoms with E-state index in [1.54, 1.807) is 21.3 Å². The molecule has 5 saturated carbocycles. The average Bonchev–Trinajstić information content (AvgIpc) is 3.14. The van der Waals surface area contributed by atoms with Crippen LogP contribution in [0.1, 0.15) is 39.0 Å². The van der Waals surface area contributed by atoms with Crippen LogP contribution in [0.2, 0.25) is 0 Å². The molecule has 7 heteroatoms. The molecule has 6 rings (SSSR count). The van der Waals surface area contributed by atoms with E-state index in [0.29, 0.717) is 19.4 Å². The first-order chi connectivity index (χ1) is 14.8. The van der Waals surface area contributed by atoms with Crippen molar-refractivity contribution in [1.82, 2.24) is 4.90 Å². The maximum Gasteiger partial charge on any atom is 0.0831 e. The number of likely N-dealkylation sites (tertiary alicyclic amines) is 1. The highest BCUT2D eigenvalue weighted by Gasteiger charge is 2.88. The van der Waals surface area contributed by atoms with Crippen LogP contribution < -0.4 is 0 Å². The summed E-state index contributed by atoms with van der Waals surface area (Å²) in [6, 6.07) is 0.0468. The lowest BCUT2D eigenvalue weighted by Crippen LogP contribution is -2.82. The van der Waals surface area contributed by atoms with Crippen molar-refractivity contribution in [3.05, 3.63) is 0 Å². The van der Waals surface area contributed by atoms with Gasteiger partial charge in [0.1, 0.15) is 0 Å². The smallest absolute Gasteiger partial charge is 0.0831 e. The largest absolute Gasteiger partial charge is 0.392 e. The van der Waals surface area contributed by atoms with E-state index in [9.17, 15) is 15.3 Å². The number of hydrogen-bond acceptors (Lipinski definition) is 7. The Bertz CT molecular complexity index is 766. The topological polar surface area (TPSA) is 91.6 Å². The van der Waals surface area contributed by atoms with Crippen molar-refractivity contribution in [1.29, 1.82) is 0 Å². The summed E-state index contributed by atoms with van der Waals surface area (Å²) in [6.45, 7) is 4.66. The van der Waals surface area contributed by atoms with Crippen LogP contribution in [0.5, 0.6) is 0 Å². The first-order valence-corrected chi connectivity index (χ1v) is 12.2. The van der Waals surface area contributed by atoms with Gasteiger partial charge in [0.25, 0.3) is 0 Å². The second-order valence-corrected chi connectivity index (χ2v) is 11.6. The fraction of sp³-hybridized carbons (Fsp3) is 1.00. The third kappa shape index (κ3) is 2.04. The van der Waals surface area contributed by atoms with Gasteiger partial charge in [-0.05, 0) is 38.1 Å². The van der Waals surface area contributed by atoms with E-state index in [4.69, 9.17) is 14.2 Å². The van der Waals surface area contributed by atoms with Gasteiger partial charge in [-0.25, -0.2) is 0 Å². The Morgan fingerprint density at radius 1 is 1.10 bits per heavy atom. The molecule has 7 nitrogen and oxygen atoms in total. The van der Waals surface area contributed by atoms with E-state index < -0.39 is 28.6 Å². The normalized spacial score (nSPS) is 61.6. The molecular formula is C24H39NO6. The molecule has 1 unspecified atom stereocenters. The zero-order chi connectivity index (χ0) is 22.0. The lowest BCUT2D eigenvalue weighted by molar-refractivity contribution is -0.328. The second-order valence-electron chi connectivity index (χ2n) is 11.6. The molecule has 0 aromatic carbocycles. The quantitative estimate of drug-likeness (QED) is 0.582. The van der Waals surface area contributed by atoms with E-state index in [0.717, 1.165) is 32.4 Å². The summed E-state index contributed by atoms with van der Waals surface area (Å²) in [7, 11) is 5.23. The SMILES string of the molecule is CCN1C[C@]2(COC)CC[C@H](OC)[C@]34C1[C@H](C[C@H]23)[C@@]1(O)C[C@H](OC)[C@H]2C[C@]4(O)[C@@H]1[C@H]2O. The number of rotatable bonds is 5.